The minimum Gasteiger partial charge on any atom is -0.384 e. The van der Waals surface area contributed by atoms with Crippen molar-refractivity contribution in [3.8, 4) is 0 Å². The van der Waals surface area contributed by atoms with E-state index in [-0.39, 0.29) is 0 Å². The van der Waals surface area contributed by atoms with Gasteiger partial charge in [-0.15, -0.1) is 0 Å². The SMILES string of the molecule is CNC(Cc1ccnc(N)c1)C1CCCCCCC1. The second-order valence-electron chi connectivity index (χ2n) is 5.79. The van der Waals surface area contributed by atoms with Crippen molar-refractivity contribution in [2.24, 2.45) is 5.92 Å². The molecule has 0 saturated heterocycles. The molecule has 1 unspecified atom stereocenters. The molecule has 1 aromatic heterocycles. The van der Waals surface area contributed by atoms with Gasteiger partial charge in [0.2, 0.25) is 0 Å². The second-order valence-corrected chi connectivity index (χ2v) is 5.79. The maximum Gasteiger partial charge on any atom is 0.123 e. The topological polar surface area (TPSA) is 50.9 Å². The molecule has 0 spiro atoms. The third-order valence-corrected chi connectivity index (χ3v) is 4.39. The molecule has 0 radical (unpaired) electrons. The number of likely N-dealkylation sites (N-methyl/N-ethyl adjacent to an activating group) is 1. The van der Waals surface area contributed by atoms with E-state index in [0.717, 1.165) is 12.3 Å². The number of hydrogen-bond acceptors (Lipinski definition) is 3. The average Bonchev–Trinajstić information content (AvgIpc) is 2.36. The summed E-state index contributed by atoms with van der Waals surface area (Å²) in [6.07, 6.45) is 12.6. The Morgan fingerprint density at radius 3 is 2.58 bits per heavy atom. The molecule has 1 aliphatic carbocycles. The quantitative estimate of drug-likeness (QED) is 0.875. The largest absolute Gasteiger partial charge is 0.384 e. The average molecular weight is 261 g/mol. The highest BCUT2D eigenvalue weighted by atomic mass is 14.9. The van der Waals surface area contributed by atoms with E-state index in [4.69, 9.17) is 5.73 Å². The zero-order valence-corrected chi connectivity index (χ0v) is 12.1. The van der Waals surface area contributed by atoms with Crippen LogP contribution in [0, 0.1) is 5.92 Å². The summed E-state index contributed by atoms with van der Waals surface area (Å²) in [5.74, 6) is 1.43. The number of nitrogen functional groups attached to an aromatic ring is 1. The van der Waals surface area contributed by atoms with Gasteiger partial charge in [0.25, 0.3) is 0 Å². The molecule has 1 heterocycles. The van der Waals surface area contributed by atoms with Crippen LogP contribution in [0.25, 0.3) is 0 Å². The Balaban J connectivity index is 1.97. The van der Waals surface area contributed by atoms with Crippen molar-refractivity contribution in [2.75, 3.05) is 12.8 Å². The standard InChI is InChI=1S/C16H27N3/c1-18-15(11-13-9-10-19-16(17)12-13)14-7-5-3-2-4-6-8-14/h9-10,12,14-15,18H,2-8,11H2,1H3,(H2,17,19). The summed E-state index contributed by atoms with van der Waals surface area (Å²) in [7, 11) is 2.09. The Bertz CT molecular complexity index is 370. The number of nitrogens with two attached hydrogens (primary N) is 1. The van der Waals surface area contributed by atoms with Crippen LogP contribution in [0.15, 0.2) is 18.3 Å². The van der Waals surface area contributed by atoms with Crippen LogP contribution < -0.4 is 11.1 Å². The van der Waals surface area contributed by atoms with Gasteiger partial charge in [0, 0.05) is 12.2 Å². The summed E-state index contributed by atoms with van der Waals surface area (Å²) in [6.45, 7) is 0. The van der Waals surface area contributed by atoms with Crippen molar-refractivity contribution >= 4 is 5.82 Å². The molecule has 1 saturated carbocycles. The van der Waals surface area contributed by atoms with E-state index in [1.54, 1.807) is 0 Å². The molecule has 0 bridgehead atoms. The smallest absolute Gasteiger partial charge is 0.123 e. The van der Waals surface area contributed by atoms with Crippen LogP contribution in [-0.4, -0.2) is 18.1 Å². The first-order chi connectivity index (χ1) is 9.29. The van der Waals surface area contributed by atoms with E-state index >= 15 is 0 Å². The number of hydrogen-bond donors (Lipinski definition) is 2. The fraction of sp³-hybridized carbons (Fsp3) is 0.688. The third-order valence-electron chi connectivity index (χ3n) is 4.39. The molecule has 19 heavy (non-hydrogen) atoms. The predicted molar refractivity (Wildman–Crippen MR) is 81.0 cm³/mol. The minimum atomic E-state index is 0.569. The van der Waals surface area contributed by atoms with Gasteiger partial charge in [-0.3, -0.25) is 0 Å². The summed E-state index contributed by atoms with van der Waals surface area (Å²) < 4.78 is 0. The molecule has 3 nitrogen and oxygen atoms in total. The van der Waals surface area contributed by atoms with Gasteiger partial charge in [-0.25, -0.2) is 4.98 Å². The Labute approximate surface area is 117 Å². The van der Waals surface area contributed by atoms with Gasteiger partial charge >= 0.3 is 0 Å². The molecule has 3 N–H and O–H groups in total. The van der Waals surface area contributed by atoms with Gasteiger partial charge in [0.15, 0.2) is 0 Å². The van der Waals surface area contributed by atoms with Crippen molar-refractivity contribution < 1.29 is 0 Å². The summed E-state index contributed by atoms with van der Waals surface area (Å²) >= 11 is 0. The second kappa shape index (κ2) is 7.49. The molecular weight excluding hydrogens is 234 g/mol. The monoisotopic (exact) mass is 261 g/mol. The zero-order valence-electron chi connectivity index (χ0n) is 12.1. The first-order valence-corrected chi connectivity index (χ1v) is 7.67. The Hall–Kier alpha value is -1.09. The summed E-state index contributed by atoms with van der Waals surface area (Å²) in [4.78, 5) is 4.07. The van der Waals surface area contributed by atoms with Crippen molar-refractivity contribution in [2.45, 2.75) is 57.4 Å². The van der Waals surface area contributed by atoms with Gasteiger partial charge in [-0.05, 0) is 49.9 Å². The van der Waals surface area contributed by atoms with Gasteiger partial charge in [-0.2, -0.15) is 0 Å². The summed E-state index contributed by atoms with van der Waals surface area (Å²) in [6, 6.07) is 4.66. The lowest BCUT2D eigenvalue weighted by Crippen LogP contribution is -2.36. The fourth-order valence-corrected chi connectivity index (χ4v) is 3.27. The van der Waals surface area contributed by atoms with Gasteiger partial charge in [-0.1, -0.05) is 32.1 Å². The number of nitrogens with one attached hydrogen (secondary N) is 1. The van der Waals surface area contributed by atoms with Crippen molar-refractivity contribution in [1.29, 1.82) is 0 Å². The highest BCUT2D eigenvalue weighted by Crippen LogP contribution is 2.26. The molecule has 0 aliphatic heterocycles. The number of anilines is 1. The zero-order chi connectivity index (χ0) is 13.5. The lowest BCUT2D eigenvalue weighted by atomic mass is 9.83. The van der Waals surface area contributed by atoms with Crippen molar-refractivity contribution in [1.82, 2.24) is 10.3 Å². The summed E-state index contributed by atoms with van der Waals surface area (Å²) in [5, 5.41) is 3.53. The van der Waals surface area contributed by atoms with E-state index in [0.29, 0.717) is 11.9 Å². The van der Waals surface area contributed by atoms with Crippen LogP contribution in [0.3, 0.4) is 0 Å². The molecule has 0 aromatic carbocycles. The molecule has 1 fully saturated rings. The molecule has 106 valence electrons. The minimum absolute atomic E-state index is 0.569. The maximum absolute atomic E-state index is 5.77. The van der Waals surface area contributed by atoms with E-state index in [2.05, 4.69) is 23.4 Å². The van der Waals surface area contributed by atoms with Crippen LogP contribution in [0.2, 0.25) is 0 Å². The lowest BCUT2D eigenvalue weighted by Gasteiger charge is -2.28. The van der Waals surface area contributed by atoms with Crippen LogP contribution in [0.5, 0.6) is 0 Å². The molecule has 2 rings (SSSR count). The third kappa shape index (κ3) is 4.50. The van der Waals surface area contributed by atoms with E-state index in [9.17, 15) is 0 Å². The van der Waals surface area contributed by atoms with Crippen LogP contribution in [-0.2, 0) is 6.42 Å². The lowest BCUT2D eigenvalue weighted by molar-refractivity contribution is 0.294. The van der Waals surface area contributed by atoms with Crippen LogP contribution >= 0.6 is 0 Å². The maximum atomic E-state index is 5.77. The molecule has 0 amide bonds. The Morgan fingerprint density at radius 1 is 1.26 bits per heavy atom. The number of rotatable bonds is 4. The highest BCUT2D eigenvalue weighted by Gasteiger charge is 2.21. The normalized spacial score (nSPS) is 19.6. The van der Waals surface area contributed by atoms with Crippen LogP contribution in [0.4, 0.5) is 5.82 Å². The van der Waals surface area contributed by atoms with Crippen molar-refractivity contribution in [3.05, 3.63) is 23.9 Å². The summed E-state index contributed by atoms with van der Waals surface area (Å²) in [5.41, 5.74) is 7.07. The first-order valence-electron chi connectivity index (χ1n) is 7.67. The molecule has 1 aliphatic rings. The van der Waals surface area contributed by atoms with E-state index in [1.165, 1.54) is 50.5 Å². The molecule has 1 aromatic rings. The first kappa shape index (κ1) is 14.3. The van der Waals surface area contributed by atoms with Gasteiger partial charge < -0.3 is 11.1 Å². The molecular formula is C16H27N3. The van der Waals surface area contributed by atoms with Gasteiger partial charge in [0.1, 0.15) is 5.82 Å². The van der Waals surface area contributed by atoms with E-state index < -0.39 is 0 Å². The number of pyridine rings is 1. The number of nitrogens with zero attached hydrogens (tertiary/aromatic N) is 1. The van der Waals surface area contributed by atoms with Gasteiger partial charge in [0.05, 0.1) is 0 Å². The molecule has 1 atom stereocenters. The number of aromatic nitrogens is 1. The highest BCUT2D eigenvalue weighted by molar-refractivity contribution is 5.32. The Morgan fingerprint density at radius 2 is 1.95 bits per heavy atom. The van der Waals surface area contributed by atoms with Crippen molar-refractivity contribution in [3.63, 3.8) is 0 Å². The van der Waals surface area contributed by atoms with E-state index in [1.807, 2.05) is 12.3 Å². The Kier molecular flexibility index (Phi) is 5.64. The van der Waals surface area contributed by atoms with Crippen LogP contribution in [0.1, 0.15) is 50.5 Å². The predicted octanol–water partition coefficient (Wildman–Crippen LogP) is 3.15. The fourth-order valence-electron chi connectivity index (χ4n) is 3.27. The molecule has 3 heteroatoms.